The Kier molecular flexibility index (Phi) is 5.49. The fourth-order valence-corrected chi connectivity index (χ4v) is 3.03. The van der Waals surface area contributed by atoms with Crippen LogP contribution in [0, 0.1) is 11.3 Å². The summed E-state index contributed by atoms with van der Waals surface area (Å²) < 4.78 is 7.13. The maximum Gasteiger partial charge on any atom is 0.238 e. The molecule has 0 fully saturated rings. The Morgan fingerprint density at radius 3 is 2.84 bits per heavy atom. The molecule has 0 N–H and O–H groups in total. The van der Waals surface area contributed by atoms with Gasteiger partial charge in [0.15, 0.2) is 5.16 Å². The Balaban J connectivity index is 1.65. The van der Waals surface area contributed by atoms with Gasteiger partial charge >= 0.3 is 0 Å². The predicted octanol–water partition coefficient (Wildman–Crippen LogP) is 2.57. The second kappa shape index (κ2) is 8.17. The molecule has 0 radical (unpaired) electrons. The number of amides is 1. The van der Waals surface area contributed by atoms with Crippen LogP contribution in [-0.2, 0) is 11.3 Å². The molecule has 0 atom stereocenters. The van der Waals surface area contributed by atoms with Gasteiger partial charge in [0, 0.05) is 5.69 Å². The molecule has 8 heteroatoms. The number of thioether (sulfide) groups is 1. The van der Waals surface area contributed by atoms with E-state index in [4.69, 9.17) is 9.68 Å². The minimum Gasteiger partial charge on any atom is -0.467 e. The molecule has 0 aliphatic heterocycles. The zero-order chi connectivity index (χ0) is 17.5. The third-order valence-electron chi connectivity index (χ3n) is 3.41. The Morgan fingerprint density at radius 2 is 2.12 bits per heavy atom. The fourth-order valence-electron chi connectivity index (χ4n) is 2.24. The van der Waals surface area contributed by atoms with Crippen LogP contribution in [0.3, 0.4) is 0 Å². The number of furan rings is 1. The van der Waals surface area contributed by atoms with Gasteiger partial charge in [0.1, 0.15) is 18.6 Å². The van der Waals surface area contributed by atoms with Crippen LogP contribution in [0.4, 0.5) is 5.69 Å². The van der Waals surface area contributed by atoms with Crippen LogP contribution in [0.25, 0.3) is 0 Å². The van der Waals surface area contributed by atoms with Gasteiger partial charge in [-0.1, -0.05) is 30.0 Å². The summed E-state index contributed by atoms with van der Waals surface area (Å²) in [6, 6.07) is 14.9. The second-order valence-corrected chi connectivity index (χ2v) is 6.03. The van der Waals surface area contributed by atoms with E-state index in [9.17, 15) is 4.79 Å². The standard InChI is InChI=1S/C17H15N5O2S/c18-8-9-22(14-5-2-1-3-6-14)16(23)12-25-17-20-19-13-21(17)11-15-7-4-10-24-15/h1-7,10,13H,9,11-12H2. The molecule has 0 saturated carbocycles. The van der Waals surface area contributed by atoms with E-state index >= 15 is 0 Å². The summed E-state index contributed by atoms with van der Waals surface area (Å²) in [5.41, 5.74) is 0.701. The number of aromatic nitrogens is 3. The lowest BCUT2D eigenvalue weighted by Gasteiger charge is -2.19. The van der Waals surface area contributed by atoms with Crippen LogP contribution in [0.1, 0.15) is 5.76 Å². The van der Waals surface area contributed by atoms with Gasteiger partial charge < -0.3 is 8.98 Å². The van der Waals surface area contributed by atoms with Gasteiger partial charge in [0.25, 0.3) is 0 Å². The van der Waals surface area contributed by atoms with Crippen LogP contribution in [0.5, 0.6) is 0 Å². The molecule has 126 valence electrons. The molecule has 0 aliphatic carbocycles. The number of para-hydroxylation sites is 1. The summed E-state index contributed by atoms with van der Waals surface area (Å²) in [4.78, 5) is 14.0. The van der Waals surface area contributed by atoms with Crippen LogP contribution < -0.4 is 4.90 Å². The van der Waals surface area contributed by atoms with E-state index in [0.29, 0.717) is 17.4 Å². The van der Waals surface area contributed by atoms with Gasteiger partial charge in [0.05, 0.1) is 24.6 Å². The van der Waals surface area contributed by atoms with Gasteiger partial charge in [-0.05, 0) is 24.3 Å². The molecule has 0 unspecified atom stereocenters. The maximum atomic E-state index is 12.5. The van der Waals surface area contributed by atoms with Crippen molar-refractivity contribution in [1.29, 1.82) is 5.26 Å². The summed E-state index contributed by atoms with van der Waals surface area (Å²) in [5.74, 6) is 0.779. The van der Waals surface area contributed by atoms with Crippen molar-refractivity contribution in [2.45, 2.75) is 11.7 Å². The molecule has 0 aliphatic rings. The van der Waals surface area contributed by atoms with Crippen molar-refractivity contribution in [2.24, 2.45) is 0 Å². The molecular formula is C17H15N5O2S. The Bertz CT molecular complexity index is 855. The van der Waals surface area contributed by atoms with Crippen molar-refractivity contribution in [3.63, 3.8) is 0 Å². The molecule has 3 rings (SSSR count). The van der Waals surface area contributed by atoms with E-state index in [2.05, 4.69) is 10.2 Å². The van der Waals surface area contributed by atoms with Crippen molar-refractivity contribution < 1.29 is 9.21 Å². The van der Waals surface area contributed by atoms with Gasteiger partial charge in [-0.25, -0.2) is 0 Å². The third kappa shape index (κ3) is 4.28. The smallest absolute Gasteiger partial charge is 0.238 e. The van der Waals surface area contributed by atoms with Crippen molar-refractivity contribution in [2.75, 3.05) is 17.2 Å². The Morgan fingerprint density at radius 1 is 1.28 bits per heavy atom. The molecule has 0 saturated heterocycles. The van der Waals surface area contributed by atoms with E-state index in [1.54, 1.807) is 24.7 Å². The van der Waals surface area contributed by atoms with E-state index in [1.807, 2.05) is 41.0 Å². The number of rotatable bonds is 7. The zero-order valence-electron chi connectivity index (χ0n) is 13.3. The quantitative estimate of drug-likeness (QED) is 0.479. The van der Waals surface area contributed by atoms with Gasteiger partial charge in [0.2, 0.25) is 5.91 Å². The highest BCUT2D eigenvalue weighted by atomic mass is 32.2. The number of nitriles is 1. The number of hydrogen-bond acceptors (Lipinski definition) is 6. The first kappa shape index (κ1) is 16.8. The molecule has 1 aromatic carbocycles. The first-order chi connectivity index (χ1) is 12.3. The number of carbonyl (C=O) groups is 1. The summed E-state index contributed by atoms with van der Waals surface area (Å²) in [6.07, 6.45) is 3.20. The van der Waals surface area contributed by atoms with E-state index in [1.165, 1.54) is 16.7 Å². The predicted molar refractivity (Wildman–Crippen MR) is 93.0 cm³/mol. The fraction of sp³-hybridized carbons (Fsp3) is 0.176. The molecule has 0 spiro atoms. The molecule has 2 heterocycles. The highest BCUT2D eigenvalue weighted by Gasteiger charge is 2.17. The normalized spacial score (nSPS) is 10.4. The molecule has 7 nitrogen and oxygen atoms in total. The zero-order valence-corrected chi connectivity index (χ0v) is 14.1. The van der Waals surface area contributed by atoms with Crippen LogP contribution >= 0.6 is 11.8 Å². The summed E-state index contributed by atoms with van der Waals surface area (Å²) in [5, 5.41) is 17.6. The van der Waals surface area contributed by atoms with Crippen molar-refractivity contribution >= 4 is 23.4 Å². The van der Waals surface area contributed by atoms with Crippen molar-refractivity contribution in [3.05, 3.63) is 60.8 Å². The number of anilines is 1. The number of carbonyl (C=O) groups excluding carboxylic acids is 1. The summed E-state index contributed by atoms with van der Waals surface area (Å²) in [7, 11) is 0. The lowest BCUT2D eigenvalue weighted by Crippen LogP contribution is -2.32. The number of nitrogens with zero attached hydrogens (tertiary/aromatic N) is 5. The SMILES string of the molecule is N#CCN(C(=O)CSc1nncn1Cc1ccco1)c1ccccc1. The first-order valence-corrected chi connectivity index (χ1v) is 8.52. The van der Waals surface area contributed by atoms with Crippen LogP contribution in [0.2, 0.25) is 0 Å². The lowest BCUT2D eigenvalue weighted by atomic mass is 10.3. The molecule has 0 bridgehead atoms. The highest BCUT2D eigenvalue weighted by Crippen LogP contribution is 2.19. The highest BCUT2D eigenvalue weighted by molar-refractivity contribution is 7.99. The average molecular weight is 353 g/mol. The number of benzene rings is 1. The summed E-state index contributed by atoms with van der Waals surface area (Å²) in [6.45, 7) is 0.500. The maximum absolute atomic E-state index is 12.5. The van der Waals surface area contributed by atoms with E-state index in [-0.39, 0.29) is 18.2 Å². The molecule has 2 aromatic heterocycles. The van der Waals surface area contributed by atoms with Crippen LogP contribution in [-0.4, -0.2) is 33.0 Å². The largest absolute Gasteiger partial charge is 0.467 e. The van der Waals surface area contributed by atoms with E-state index < -0.39 is 0 Å². The minimum absolute atomic E-state index is 0.00247. The second-order valence-electron chi connectivity index (χ2n) is 5.08. The molecule has 3 aromatic rings. The minimum atomic E-state index is -0.162. The van der Waals surface area contributed by atoms with Crippen molar-refractivity contribution in [3.8, 4) is 6.07 Å². The monoisotopic (exact) mass is 353 g/mol. The van der Waals surface area contributed by atoms with Gasteiger partial charge in [-0.2, -0.15) is 5.26 Å². The Labute approximate surface area is 148 Å². The molecule has 25 heavy (non-hydrogen) atoms. The van der Waals surface area contributed by atoms with Crippen molar-refractivity contribution in [1.82, 2.24) is 14.8 Å². The first-order valence-electron chi connectivity index (χ1n) is 7.53. The average Bonchev–Trinajstić information content (AvgIpc) is 3.31. The van der Waals surface area contributed by atoms with E-state index in [0.717, 1.165) is 5.76 Å². The lowest BCUT2D eigenvalue weighted by molar-refractivity contribution is -0.116. The Hall–Kier alpha value is -3.05. The molecule has 1 amide bonds. The summed E-state index contributed by atoms with van der Waals surface area (Å²) >= 11 is 1.28. The van der Waals surface area contributed by atoms with Gasteiger partial charge in [-0.15, -0.1) is 10.2 Å². The molecular weight excluding hydrogens is 338 g/mol. The van der Waals surface area contributed by atoms with Gasteiger partial charge in [-0.3, -0.25) is 9.69 Å². The number of hydrogen-bond donors (Lipinski definition) is 0. The van der Waals surface area contributed by atoms with Crippen LogP contribution in [0.15, 0.2) is 64.6 Å². The topological polar surface area (TPSA) is 88.0 Å². The third-order valence-corrected chi connectivity index (χ3v) is 4.37.